The van der Waals surface area contributed by atoms with E-state index >= 15 is 0 Å². The minimum absolute atomic E-state index is 0.0344. The van der Waals surface area contributed by atoms with E-state index in [0.717, 1.165) is 5.56 Å². The molecule has 2 heterocycles. The lowest BCUT2D eigenvalue weighted by Gasteiger charge is -2.43. The van der Waals surface area contributed by atoms with Crippen LogP contribution in [0, 0.1) is 5.41 Å². The van der Waals surface area contributed by atoms with Crippen LogP contribution in [-0.2, 0) is 16.1 Å². The molecule has 1 fully saturated rings. The van der Waals surface area contributed by atoms with Crippen LogP contribution in [0.2, 0.25) is 0 Å². The number of carbonyl (C=O) groups is 1. The number of aromatic nitrogens is 1. The van der Waals surface area contributed by atoms with Gasteiger partial charge in [0.15, 0.2) is 5.43 Å². The number of pyridine rings is 1. The Kier molecular flexibility index (Phi) is 5.28. The number of amides is 1. The number of morpholine rings is 1. The Bertz CT molecular complexity index is 788. The van der Waals surface area contributed by atoms with Crippen molar-refractivity contribution in [3.8, 4) is 0 Å². The number of ether oxygens (including phenoxy) is 1. The topological polar surface area (TPSA) is 51.5 Å². The first kappa shape index (κ1) is 18.4. The highest BCUT2D eigenvalue weighted by molar-refractivity contribution is 5.76. The lowest BCUT2D eigenvalue weighted by atomic mass is 9.87. The fourth-order valence-electron chi connectivity index (χ4n) is 3.10. The molecule has 138 valence electrons. The van der Waals surface area contributed by atoms with Crippen LogP contribution < -0.4 is 5.43 Å². The number of hydrogen-bond acceptors (Lipinski definition) is 3. The smallest absolute Gasteiger partial charge is 0.242 e. The van der Waals surface area contributed by atoms with Crippen LogP contribution >= 0.6 is 0 Å². The molecule has 2 aromatic rings. The quantitative estimate of drug-likeness (QED) is 0.852. The van der Waals surface area contributed by atoms with Crippen molar-refractivity contribution in [2.24, 2.45) is 5.41 Å². The summed E-state index contributed by atoms with van der Waals surface area (Å²) in [5.41, 5.74) is 0.961. The van der Waals surface area contributed by atoms with Crippen molar-refractivity contribution in [3.63, 3.8) is 0 Å². The highest BCUT2D eigenvalue weighted by Crippen LogP contribution is 2.33. The van der Waals surface area contributed by atoms with Crippen LogP contribution in [0.25, 0.3) is 0 Å². The maximum Gasteiger partial charge on any atom is 0.242 e. The van der Waals surface area contributed by atoms with E-state index in [1.165, 1.54) is 12.1 Å². The summed E-state index contributed by atoms with van der Waals surface area (Å²) in [7, 11) is 0. The van der Waals surface area contributed by atoms with Gasteiger partial charge in [-0.1, -0.05) is 51.1 Å². The van der Waals surface area contributed by atoms with Crippen molar-refractivity contribution >= 4 is 5.91 Å². The molecule has 0 radical (unpaired) electrons. The van der Waals surface area contributed by atoms with Crippen LogP contribution in [0.4, 0.5) is 0 Å². The maximum absolute atomic E-state index is 12.9. The Labute approximate surface area is 154 Å². The fraction of sp³-hybridized carbons (Fsp3) is 0.429. The Balaban J connectivity index is 1.79. The third-order valence-electron chi connectivity index (χ3n) is 4.77. The summed E-state index contributed by atoms with van der Waals surface area (Å²) in [6.45, 7) is 7.74. The largest absolute Gasteiger partial charge is 0.366 e. The van der Waals surface area contributed by atoms with Crippen LogP contribution in [0.1, 0.15) is 32.4 Å². The van der Waals surface area contributed by atoms with E-state index in [1.54, 1.807) is 17.0 Å². The van der Waals surface area contributed by atoms with E-state index in [4.69, 9.17) is 4.74 Å². The molecule has 1 aliphatic rings. The first-order valence-corrected chi connectivity index (χ1v) is 8.97. The predicted molar refractivity (Wildman–Crippen MR) is 101 cm³/mol. The molecule has 0 bridgehead atoms. The van der Waals surface area contributed by atoms with Gasteiger partial charge in [-0.15, -0.1) is 0 Å². The Morgan fingerprint density at radius 3 is 2.35 bits per heavy atom. The van der Waals surface area contributed by atoms with Crippen molar-refractivity contribution in [1.82, 2.24) is 9.47 Å². The van der Waals surface area contributed by atoms with Crippen LogP contribution in [0.5, 0.6) is 0 Å². The van der Waals surface area contributed by atoms with Crippen molar-refractivity contribution in [3.05, 3.63) is 70.6 Å². The normalized spacial score (nSPS) is 20.8. The second-order valence-electron chi connectivity index (χ2n) is 7.89. The minimum atomic E-state index is -0.132. The molecule has 0 N–H and O–H groups in total. The summed E-state index contributed by atoms with van der Waals surface area (Å²) in [4.78, 5) is 26.0. The van der Waals surface area contributed by atoms with Gasteiger partial charge in [0.25, 0.3) is 0 Å². The Morgan fingerprint density at radius 1 is 1.08 bits per heavy atom. The standard InChI is InChI=1S/C21H26N2O3/c1-21(2,3)19-14-23(13-18(26-19)16-7-5-4-6-8-16)20(25)15-22-11-9-17(24)10-12-22/h4-12,18-19H,13-15H2,1-3H3/t18-,19+/m0/s1. The van der Waals surface area contributed by atoms with Gasteiger partial charge in [-0.2, -0.15) is 0 Å². The average Bonchev–Trinajstić information content (AvgIpc) is 2.63. The van der Waals surface area contributed by atoms with Gasteiger partial charge in [-0.05, 0) is 11.0 Å². The summed E-state index contributed by atoms with van der Waals surface area (Å²) in [5.74, 6) is 0.0344. The lowest BCUT2D eigenvalue weighted by molar-refractivity contribution is -0.157. The van der Waals surface area contributed by atoms with Gasteiger partial charge in [0.05, 0.1) is 12.6 Å². The van der Waals surface area contributed by atoms with Crippen LogP contribution in [0.15, 0.2) is 59.7 Å². The molecule has 5 nitrogen and oxygen atoms in total. The summed E-state index contributed by atoms with van der Waals surface area (Å²) in [6.07, 6.45) is 3.12. The highest BCUT2D eigenvalue weighted by Gasteiger charge is 2.37. The van der Waals surface area contributed by atoms with E-state index in [9.17, 15) is 9.59 Å². The first-order valence-electron chi connectivity index (χ1n) is 8.97. The van der Waals surface area contributed by atoms with E-state index in [1.807, 2.05) is 35.2 Å². The third kappa shape index (κ3) is 4.41. The second-order valence-corrected chi connectivity index (χ2v) is 7.89. The van der Waals surface area contributed by atoms with Crippen molar-refractivity contribution in [1.29, 1.82) is 0 Å². The maximum atomic E-state index is 12.9. The molecular formula is C21H26N2O3. The van der Waals surface area contributed by atoms with Gasteiger partial charge in [0.1, 0.15) is 12.6 Å². The monoisotopic (exact) mass is 354 g/mol. The molecular weight excluding hydrogens is 328 g/mol. The van der Waals surface area contributed by atoms with E-state index in [0.29, 0.717) is 13.1 Å². The zero-order valence-corrected chi connectivity index (χ0v) is 15.6. The molecule has 0 unspecified atom stereocenters. The van der Waals surface area contributed by atoms with E-state index in [2.05, 4.69) is 20.8 Å². The van der Waals surface area contributed by atoms with Crippen LogP contribution in [0.3, 0.4) is 0 Å². The zero-order valence-electron chi connectivity index (χ0n) is 15.6. The Morgan fingerprint density at radius 2 is 1.73 bits per heavy atom. The van der Waals surface area contributed by atoms with Gasteiger partial charge in [-0.25, -0.2) is 0 Å². The molecule has 1 amide bonds. The van der Waals surface area contributed by atoms with Gasteiger partial charge in [-0.3, -0.25) is 9.59 Å². The number of nitrogens with zero attached hydrogens (tertiary/aromatic N) is 2. The third-order valence-corrected chi connectivity index (χ3v) is 4.77. The highest BCUT2D eigenvalue weighted by atomic mass is 16.5. The number of benzene rings is 1. The first-order chi connectivity index (χ1) is 12.3. The molecule has 1 saturated heterocycles. The predicted octanol–water partition coefficient (Wildman–Crippen LogP) is 2.86. The van der Waals surface area contributed by atoms with E-state index < -0.39 is 0 Å². The molecule has 5 heteroatoms. The molecule has 1 aliphatic heterocycles. The average molecular weight is 354 g/mol. The second kappa shape index (κ2) is 7.46. The molecule has 3 rings (SSSR count). The molecule has 0 saturated carbocycles. The summed E-state index contributed by atoms with van der Waals surface area (Å²) < 4.78 is 8.08. The zero-order chi connectivity index (χ0) is 18.7. The molecule has 0 aliphatic carbocycles. The molecule has 0 spiro atoms. The van der Waals surface area contributed by atoms with Crippen molar-refractivity contribution < 1.29 is 9.53 Å². The molecule has 1 aromatic heterocycles. The lowest BCUT2D eigenvalue weighted by Crippen LogP contribution is -2.51. The fourth-order valence-corrected chi connectivity index (χ4v) is 3.10. The summed E-state index contributed by atoms with van der Waals surface area (Å²) >= 11 is 0. The molecule has 1 aromatic carbocycles. The van der Waals surface area contributed by atoms with Gasteiger partial charge in [0, 0.05) is 31.1 Å². The SMILES string of the molecule is CC(C)(C)[C@H]1CN(C(=O)Cn2ccc(=O)cc2)C[C@@H](c2ccccc2)O1. The number of rotatable bonds is 3. The van der Waals surface area contributed by atoms with E-state index in [-0.39, 0.29) is 35.5 Å². The number of carbonyl (C=O) groups excluding carboxylic acids is 1. The van der Waals surface area contributed by atoms with Gasteiger partial charge in [0.2, 0.25) is 5.91 Å². The Hall–Kier alpha value is -2.40. The van der Waals surface area contributed by atoms with Crippen molar-refractivity contribution in [2.45, 2.75) is 39.5 Å². The molecule has 26 heavy (non-hydrogen) atoms. The number of hydrogen-bond donors (Lipinski definition) is 0. The van der Waals surface area contributed by atoms with Gasteiger partial charge >= 0.3 is 0 Å². The van der Waals surface area contributed by atoms with Gasteiger partial charge < -0.3 is 14.2 Å². The minimum Gasteiger partial charge on any atom is -0.366 e. The summed E-state index contributed by atoms with van der Waals surface area (Å²) in [5, 5.41) is 0. The van der Waals surface area contributed by atoms with Crippen molar-refractivity contribution in [2.75, 3.05) is 13.1 Å². The summed E-state index contributed by atoms with van der Waals surface area (Å²) in [6, 6.07) is 13.0. The van der Waals surface area contributed by atoms with Crippen LogP contribution in [-0.4, -0.2) is 34.6 Å². The molecule has 2 atom stereocenters.